The molecule has 2 aromatic rings. The Balaban J connectivity index is 1.76. The Labute approximate surface area is 166 Å². The molecule has 1 atom stereocenters. The first-order valence-electron chi connectivity index (χ1n) is 9.76. The summed E-state index contributed by atoms with van der Waals surface area (Å²) >= 11 is 0. The van der Waals surface area contributed by atoms with Crippen molar-refractivity contribution in [3.05, 3.63) is 58.7 Å². The van der Waals surface area contributed by atoms with E-state index >= 15 is 0 Å². The minimum atomic E-state index is -0.738. The first-order valence-corrected chi connectivity index (χ1v) is 9.76. The highest BCUT2D eigenvalue weighted by Crippen LogP contribution is 2.33. The van der Waals surface area contributed by atoms with E-state index in [1.807, 2.05) is 64.1 Å². The quantitative estimate of drug-likeness (QED) is 0.739. The Morgan fingerprint density at radius 1 is 0.929 bits per heavy atom. The van der Waals surface area contributed by atoms with Gasteiger partial charge in [0.25, 0.3) is 0 Å². The smallest absolute Gasteiger partial charge is 0.232 e. The summed E-state index contributed by atoms with van der Waals surface area (Å²) < 4.78 is 0. The van der Waals surface area contributed by atoms with Crippen LogP contribution in [0.2, 0.25) is 0 Å². The van der Waals surface area contributed by atoms with Gasteiger partial charge in [0.2, 0.25) is 11.8 Å². The van der Waals surface area contributed by atoms with Crippen LogP contribution < -0.4 is 16.0 Å². The molecule has 2 aromatic carbocycles. The van der Waals surface area contributed by atoms with Crippen molar-refractivity contribution in [2.24, 2.45) is 5.41 Å². The fourth-order valence-corrected chi connectivity index (χ4v) is 3.67. The van der Waals surface area contributed by atoms with Gasteiger partial charge in [-0.25, -0.2) is 0 Å². The van der Waals surface area contributed by atoms with E-state index in [0.29, 0.717) is 13.0 Å². The van der Waals surface area contributed by atoms with Crippen molar-refractivity contribution in [1.29, 1.82) is 0 Å². The van der Waals surface area contributed by atoms with Gasteiger partial charge in [0.1, 0.15) is 0 Å². The molecule has 3 N–H and O–H groups in total. The van der Waals surface area contributed by atoms with E-state index in [-0.39, 0.29) is 18.2 Å². The number of amides is 2. The molecule has 2 amide bonds. The zero-order valence-corrected chi connectivity index (χ0v) is 17.1. The lowest BCUT2D eigenvalue weighted by Gasteiger charge is -2.27. The van der Waals surface area contributed by atoms with Crippen molar-refractivity contribution in [1.82, 2.24) is 5.32 Å². The van der Waals surface area contributed by atoms with Crippen molar-refractivity contribution in [2.75, 3.05) is 23.7 Å². The SMILES string of the molecule is Cc1ccc(C)c(NC(=O)CC2(C(=O)Nc3cc(C)ccc3C)CCNC2)c1. The predicted octanol–water partition coefficient (Wildman–Crippen LogP) is 3.87. The monoisotopic (exact) mass is 379 g/mol. The Bertz CT molecular complexity index is 899. The molecule has 0 spiro atoms. The summed E-state index contributed by atoms with van der Waals surface area (Å²) in [4.78, 5) is 26.0. The first kappa shape index (κ1) is 20.1. The van der Waals surface area contributed by atoms with Crippen LogP contribution in [-0.4, -0.2) is 24.9 Å². The van der Waals surface area contributed by atoms with Gasteiger partial charge in [-0.05, 0) is 75.0 Å². The Morgan fingerprint density at radius 3 is 2.04 bits per heavy atom. The molecule has 28 heavy (non-hydrogen) atoms. The van der Waals surface area contributed by atoms with Gasteiger partial charge in [0.15, 0.2) is 0 Å². The van der Waals surface area contributed by atoms with Crippen LogP contribution in [0.3, 0.4) is 0 Å². The number of benzene rings is 2. The molecule has 1 unspecified atom stereocenters. The summed E-state index contributed by atoms with van der Waals surface area (Å²) in [7, 11) is 0. The number of carbonyl (C=O) groups excluding carboxylic acids is 2. The van der Waals surface area contributed by atoms with E-state index < -0.39 is 5.41 Å². The minimum Gasteiger partial charge on any atom is -0.326 e. The fourth-order valence-electron chi connectivity index (χ4n) is 3.67. The Hall–Kier alpha value is -2.66. The van der Waals surface area contributed by atoms with Crippen molar-refractivity contribution in [3.8, 4) is 0 Å². The predicted molar refractivity (Wildman–Crippen MR) is 114 cm³/mol. The molecule has 5 nitrogen and oxygen atoms in total. The third-order valence-electron chi connectivity index (χ3n) is 5.53. The fraction of sp³-hybridized carbons (Fsp3) is 0.391. The van der Waals surface area contributed by atoms with Gasteiger partial charge in [-0.1, -0.05) is 24.3 Å². The van der Waals surface area contributed by atoms with Gasteiger partial charge in [-0.3, -0.25) is 9.59 Å². The number of hydrogen-bond donors (Lipinski definition) is 3. The third kappa shape index (κ3) is 4.42. The Kier molecular flexibility index (Phi) is 5.84. The average Bonchev–Trinajstić information content (AvgIpc) is 3.11. The van der Waals surface area contributed by atoms with Crippen LogP contribution >= 0.6 is 0 Å². The maximum absolute atomic E-state index is 13.2. The molecule has 0 radical (unpaired) electrons. The average molecular weight is 380 g/mol. The zero-order valence-electron chi connectivity index (χ0n) is 17.1. The number of nitrogens with one attached hydrogen (secondary N) is 3. The normalized spacial score (nSPS) is 18.7. The lowest BCUT2D eigenvalue weighted by atomic mass is 9.82. The number of rotatable bonds is 5. The summed E-state index contributed by atoms with van der Waals surface area (Å²) in [6, 6.07) is 12.0. The van der Waals surface area contributed by atoms with Crippen LogP contribution in [0.25, 0.3) is 0 Å². The Morgan fingerprint density at radius 2 is 1.50 bits per heavy atom. The van der Waals surface area contributed by atoms with Gasteiger partial charge >= 0.3 is 0 Å². The summed E-state index contributed by atoms with van der Waals surface area (Å²) in [5, 5.41) is 9.31. The highest BCUT2D eigenvalue weighted by Gasteiger charge is 2.43. The summed E-state index contributed by atoms with van der Waals surface area (Å²) in [6.07, 6.45) is 0.800. The summed E-state index contributed by atoms with van der Waals surface area (Å²) in [5.41, 5.74) is 5.08. The highest BCUT2D eigenvalue weighted by atomic mass is 16.2. The maximum atomic E-state index is 13.2. The van der Waals surface area contributed by atoms with Crippen molar-refractivity contribution in [2.45, 2.75) is 40.5 Å². The molecule has 1 heterocycles. The minimum absolute atomic E-state index is 0.0951. The maximum Gasteiger partial charge on any atom is 0.232 e. The second kappa shape index (κ2) is 8.15. The summed E-state index contributed by atoms with van der Waals surface area (Å²) in [6.45, 7) is 9.17. The third-order valence-corrected chi connectivity index (χ3v) is 5.53. The summed E-state index contributed by atoms with van der Waals surface area (Å²) in [5.74, 6) is -0.226. The molecular formula is C23H29N3O2. The molecule has 148 valence electrons. The standard InChI is InChI=1S/C23H29N3O2/c1-15-5-7-17(3)19(11-15)25-21(27)13-23(9-10-24-14-23)22(28)26-20-12-16(2)6-8-18(20)4/h5-8,11-12,24H,9-10,13-14H2,1-4H3,(H,25,27)(H,26,28). The van der Waals surface area contributed by atoms with Crippen LogP contribution in [0.4, 0.5) is 11.4 Å². The zero-order chi connectivity index (χ0) is 20.3. The molecule has 0 aliphatic carbocycles. The van der Waals surface area contributed by atoms with Gasteiger partial charge in [0, 0.05) is 24.3 Å². The molecular weight excluding hydrogens is 350 g/mol. The lowest BCUT2D eigenvalue weighted by Crippen LogP contribution is -2.41. The first-order chi connectivity index (χ1) is 13.3. The second-order valence-electron chi connectivity index (χ2n) is 8.02. The molecule has 1 aliphatic heterocycles. The molecule has 1 fully saturated rings. The van der Waals surface area contributed by atoms with Crippen molar-refractivity contribution < 1.29 is 9.59 Å². The van der Waals surface area contributed by atoms with E-state index in [9.17, 15) is 9.59 Å². The highest BCUT2D eigenvalue weighted by molar-refractivity contribution is 6.01. The van der Waals surface area contributed by atoms with E-state index in [1.165, 1.54) is 0 Å². The van der Waals surface area contributed by atoms with Crippen LogP contribution in [0.5, 0.6) is 0 Å². The lowest BCUT2D eigenvalue weighted by molar-refractivity contribution is -0.129. The van der Waals surface area contributed by atoms with E-state index in [1.54, 1.807) is 0 Å². The van der Waals surface area contributed by atoms with Gasteiger partial charge < -0.3 is 16.0 Å². The number of carbonyl (C=O) groups is 2. The van der Waals surface area contributed by atoms with Crippen LogP contribution in [0.1, 0.15) is 35.1 Å². The molecule has 0 bridgehead atoms. The van der Waals surface area contributed by atoms with Gasteiger partial charge in [-0.2, -0.15) is 0 Å². The topological polar surface area (TPSA) is 70.2 Å². The number of aryl methyl sites for hydroxylation is 4. The van der Waals surface area contributed by atoms with Crippen LogP contribution in [0, 0.1) is 33.1 Å². The largest absolute Gasteiger partial charge is 0.326 e. The molecule has 3 rings (SSSR count). The number of anilines is 2. The number of hydrogen-bond acceptors (Lipinski definition) is 3. The van der Waals surface area contributed by atoms with Gasteiger partial charge in [-0.15, -0.1) is 0 Å². The second-order valence-corrected chi connectivity index (χ2v) is 8.02. The van der Waals surface area contributed by atoms with Crippen LogP contribution in [-0.2, 0) is 9.59 Å². The molecule has 5 heteroatoms. The van der Waals surface area contributed by atoms with E-state index in [2.05, 4.69) is 16.0 Å². The molecule has 0 aromatic heterocycles. The molecule has 1 saturated heterocycles. The van der Waals surface area contributed by atoms with Gasteiger partial charge in [0.05, 0.1) is 5.41 Å². The molecule has 1 aliphatic rings. The molecule has 0 saturated carbocycles. The van der Waals surface area contributed by atoms with Crippen molar-refractivity contribution >= 4 is 23.2 Å². The van der Waals surface area contributed by atoms with E-state index in [0.717, 1.165) is 40.2 Å². The van der Waals surface area contributed by atoms with Crippen molar-refractivity contribution in [3.63, 3.8) is 0 Å². The van der Waals surface area contributed by atoms with E-state index in [4.69, 9.17) is 0 Å². The van der Waals surface area contributed by atoms with Crippen LogP contribution in [0.15, 0.2) is 36.4 Å².